The summed E-state index contributed by atoms with van der Waals surface area (Å²) in [5, 5.41) is 6.82. The second-order valence-electron chi connectivity index (χ2n) is 5.58. The van der Waals surface area contributed by atoms with Gasteiger partial charge in [-0.1, -0.05) is 18.2 Å². The topological polar surface area (TPSA) is 41.1 Å². The molecule has 4 nitrogen and oxygen atoms in total. The number of nitrogens with one attached hydrogen (secondary N) is 1. The van der Waals surface area contributed by atoms with Gasteiger partial charge in [-0.2, -0.15) is 5.10 Å². The molecule has 0 radical (unpaired) electrons. The van der Waals surface area contributed by atoms with Gasteiger partial charge in [-0.25, -0.2) is 0 Å². The molecule has 1 fully saturated rings. The summed E-state index contributed by atoms with van der Waals surface area (Å²) < 4.78 is 6.12. The maximum absolute atomic E-state index is 6.12. The van der Waals surface area contributed by atoms with Crippen molar-refractivity contribution >= 4 is 0 Å². The van der Waals surface area contributed by atoms with Crippen LogP contribution in [0.25, 0.3) is 0 Å². The number of aromatic nitrogens is 2. The first kappa shape index (κ1) is 13.2. The van der Waals surface area contributed by atoms with Crippen LogP contribution in [0.3, 0.4) is 0 Å². The summed E-state index contributed by atoms with van der Waals surface area (Å²) in [5.41, 5.74) is 3.72. The van der Waals surface area contributed by atoms with Crippen molar-refractivity contribution in [2.75, 3.05) is 19.6 Å². The highest BCUT2D eigenvalue weighted by Gasteiger charge is 2.28. The van der Waals surface area contributed by atoms with E-state index in [0.29, 0.717) is 6.10 Å². The number of likely N-dealkylation sites (tertiary alicyclic amines) is 1. The lowest BCUT2D eigenvalue weighted by Gasteiger charge is -2.39. The third kappa shape index (κ3) is 2.85. The molecule has 3 rings (SSSR count). The molecule has 0 spiro atoms. The van der Waals surface area contributed by atoms with Crippen LogP contribution in [0.5, 0.6) is 5.75 Å². The molecule has 0 aliphatic carbocycles. The molecule has 0 bridgehead atoms. The Kier molecular flexibility index (Phi) is 3.74. The van der Waals surface area contributed by atoms with Crippen molar-refractivity contribution in [2.24, 2.45) is 0 Å². The molecule has 1 saturated heterocycles. The smallest absolute Gasteiger partial charge is 0.125 e. The third-order valence-corrected chi connectivity index (χ3v) is 3.89. The van der Waals surface area contributed by atoms with Crippen LogP contribution in [0.2, 0.25) is 0 Å². The van der Waals surface area contributed by atoms with Crippen molar-refractivity contribution in [2.45, 2.75) is 26.4 Å². The minimum absolute atomic E-state index is 0.333. The van der Waals surface area contributed by atoms with Crippen LogP contribution in [0.1, 0.15) is 16.7 Å². The van der Waals surface area contributed by atoms with E-state index in [0.717, 1.165) is 31.8 Å². The average Bonchev–Trinajstić information content (AvgIpc) is 2.88. The van der Waals surface area contributed by atoms with E-state index in [-0.39, 0.29) is 0 Å². The predicted octanol–water partition coefficient (Wildman–Crippen LogP) is 2.33. The number of nitrogens with zero attached hydrogens (tertiary/aromatic N) is 2. The van der Waals surface area contributed by atoms with Crippen molar-refractivity contribution in [1.82, 2.24) is 15.1 Å². The largest absolute Gasteiger partial charge is 0.487 e. The Morgan fingerprint density at radius 3 is 2.70 bits per heavy atom. The van der Waals surface area contributed by atoms with E-state index in [1.54, 1.807) is 0 Å². The van der Waals surface area contributed by atoms with Crippen LogP contribution in [-0.4, -0.2) is 40.8 Å². The van der Waals surface area contributed by atoms with Crippen molar-refractivity contribution < 1.29 is 4.74 Å². The van der Waals surface area contributed by atoms with Crippen molar-refractivity contribution in [3.8, 4) is 5.75 Å². The van der Waals surface area contributed by atoms with Crippen molar-refractivity contribution in [3.05, 3.63) is 47.3 Å². The summed E-state index contributed by atoms with van der Waals surface area (Å²) in [5.74, 6) is 1.06. The highest BCUT2D eigenvalue weighted by molar-refractivity contribution is 5.40. The molecule has 2 aromatic rings. The Hall–Kier alpha value is -1.81. The lowest BCUT2D eigenvalue weighted by atomic mass is 10.1. The number of hydrogen-bond acceptors (Lipinski definition) is 3. The van der Waals surface area contributed by atoms with Crippen molar-refractivity contribution in [3.63, 3.8) is 0 Å². The standard InChI is InChI=1S/C16H21N3O/c1-12-4-3-5-13(2)16(12)20-15-10-19(11-15)7-6-14-8-17-18-9-14/h3-5,8-9,15H,6-7,10-11H2,1-2H3,(H,17,18). The first-order valence-corrected chi connectivity index (χ1v) is 7.15. The van der Waals surface area contributed by atoms with Gasteiger partial charge in [0.25, 0.3) is 0 Å². The van der Waals surface area contributed by atoms with Gasteiger partial charge in [0, 0.05) is 25.8 Å². The Morgan fingerprint density at radius 1 is 1.30 bits per heavy atom. The van der Waals surface area contributed by atoms with E-state index in [2.05, 4.69) is 47.1 Å². The summed E-state index contributed by atoms with van der Waals surface area (Å²) in [7, 11) is 0. The fourth-order valence-electron chi connectivity index (χ4n) is 2.63. The molecular weight excluding hydrogens is 250 g/mol. The maximum Gasteiger partial charge on any atom is 0.125 e. The molecular formula is C16H21N3O. The second-order valence-corrected chi connectivity index (χ2v) is 5.58. The Bertz CT molecular complexity index is 539. The normalized spacial score (nSPS) is 16.1. The number of aryl methyl sites for hydroxylation is 2. The van der Waals surface area contributed by atoms with Gasteiger partial charge in [-0.15, -0.1) is 0 Å². The average molecular weight is 271 g/mol. The third-order valence-electron chi connectivity index (χ3n) is 3.89. The molecule has 4 heteroatoms. The summed E-state index contributed by atoms with van der Waals surface area (Å²) in [6, 6.07) is 6.30. The van der Waals surface area contributed by atoms with E-state index in [4.69, 9.17) is 4.74 Å². The predicted molar refractivity (Wildman–Crippen MR) is 79.1 cm³/mol. The second kappa shape index (κ2) is 5.67. The number of hydrogen-bond donors (Lipinski definition) is 1. The van der Waals surface area contributed by atoms with Gasteiger partial charge in [0.1, 0.15) is 11.9 Å². The van der Waals surface area contributed by atoms with Crippen LogP contribution in [0.4, 0.5) is 0 Å². The van der Waals surface area contributed by atoms with Crippen LogP contribution >= 0.6 is 0 Å². The lowest BCUT2D eigenvalue weighted by molar-refractivity contribution is 0.0200. The number of ether oxygens (including phenoxy) is 1. The number of benzene rings is 1. The van der Waals surface area contributed by atoms with Gasteiger partial charge in [0.05, 0.1) is 6.20 Å². The summed E-state index contributed by atoms with van der Waals surface area (Å²) >= 11 is 0. The highest BCUT2D eigenvalue weighted by atomic mass is 16.5. The van der Waals surface area contributed by atoms with E-state index in [1.165, 1.54) is 16.7 Å². The summed E-state index contributed by atoms with van der Waals surface area (Å²) in [6.07, 6.45) is 5.24. The molecule has 0 unspecified atom stereocenters. The molecule has 0 amide bonds. The van der Waals surface area contributed by atoms with E-state index >= 15 is 0 Å². The van der Waals surface area contributed by atoms with E-state index in [1.807, 2.05) is 12.4 Å². The molecule has 1 N–H and O–H groups in total. The zero-order valence-corrected chi connectivity index (χ0v) is 12.1. The van der Waals surface area contributed by atoms with Crippen LogP contribution in [0.15, 0.2) is 30.6 Å². The van der Waals surface area contributed by atoms with Crippen LogP contribution in [-0.2, 0) is 6.42 Å². The zero-order valence-electron chi connectivity index (χ0n) is 12.1. The molecule has 2 heterocycles. The molecule has 1 aliphatic heterocycles. The Morgan fingerprint density at radius 2 is 2.05 bits per heavy atom. The molecule has 1 aromatic carbocycles. The summed E-state index contributed by atoms with van der Waals surface area (Å²) in [4.78, 5) is 2.42. The summed E-state index contributed by atoms with van der Waals surface area (Å²) in [6.45, 7) is 7.33. The first-order chi connectivity index (χ1) is 9.72. The van der Waals surface area contributed by atoms with Gasteiger partial charge >= 0.3 is 0 Å². The molecule has 1 aromatic heterocycles. The molecule has 1 aliphatic rings. The molecule has 0 atom stereocenters. The number of aromatic amines is 1. The fourth-order valence-corrected chi connectivity index (χ4v) is 2.63. The monoisotopic (exact) mass is 271 g/mol. The molecule has 106 valence electrons. The molecule has 0 saturated carbocycles. The van der Waals surface area contributed by atoms with Gasteiger partial charge in [-0.05, 0) is 37.0 Å². The number of rotatable bonds is 5. The van der Waals surface area contributed by atoms with Crippen molar-refractivity contribution in [1.29, 1.82) is 0 Å². The highest BCUT2D eigenvalue weighted by Crippen LogP contribution is 2.25. The first-order valence-electron chi connectivity index (χ1n) is 7.15. The minimum Gasteiger partial charge on any atom is -0.487 e. The maximum atomic E-state index is 6.12. The SMILES string of the molecule is Cc1cccc(C)c1OC1CN(CCc2cn[nH]c2)C1. The minimum atomic E-state index is 0.333. The van der Waals surface area contributed by atoms with Gasteiger partial charge in [-0.3, -0.25) is 10.00 Å². The van der Waals surface area contributed by atoms with Gasteiger partial charge in [0.2, 0.25) is 0 Å². The van der Waals surface area contributed by atoms with Gasteiger partial charge in [0.15, 0.2) is 0 Å². The Balaban J connectivity index is 1.46. The zero-order chi connectivity index (χ0) is 13.9. The van der Waals surface area contributed by atoms with Crippen LogP contribution < -0.4 is 4.74 Å². The molecule has 20 heavy (non-hydrogen) atoms. The van der Waals surface area contributed by atoms with Gasteiger partial charge < -0.3 is 4.74 Å². The van der Waals surface area contributed by atoms with E-state index in [9.17, 15) is 0 Å². The van der Waals surface area contributed by atoms with Crippen LogP contribution in [0, 0.1) is 13.8 Å². The fraction of sp³-hybridized carbons (Fsp3) is 0.438. The number of H-pyrrole nitrogens is 1. The number of para-hydroxylation sites is 1. The Labute approximate surface area is 119 Å². The quantitative estimate of drug-likeness (QED) is 0.907. The van der Waals surface area contributed by atoms with E-state index < -0.39 is 0 Å². The lowest BCUT2D eigenvalue weighted by Crippen LogP contribution is -2.54.